The summed E-state index contributed by atoms with van der Waals surface area (Å²) in [5, 5.41) is 3.76. The third-order valence-electron chi connectivity index (χ3n) is 3.84. The van der Waals surface area contributed by atoms with Gasteiger partial charge in [-0.25, -0.2) is 0 Å². The third-order valence-corrected chi connectivity index (χ3v) is 7.87. The van der Waals surface area contributed by atoms with Crippen molar-refractivity contribution >= 4 is 23.6 Å². The van der Waals surface area contributed by atoms with Gasteiger partial charge in [0.2, 0.25) is 8.07 Å². The van der Waals surface area contributed by atoms with Gasteiger partial charge >= 0.3 is 0 Å². The van der Waals surface area contributed by atoms with Crippen LogP contribution in [-0.4, -0.2) is 8.07 Å². The zero-order valence-electron chi connectivity index (χ0n) is 11.7. The second-order valence-electron chi connectivity index (χ2n) is 4.99. The Bertz CT molecular complexity index is 643. The maximum atomic E-state index is 6.12. The van der Waals surface area contributed by atoms with Gasteiger partial charge < -0.3 is 0 Å². The maximum Gasteiger partial charge on any atom is 0.229 e. The first kappa shape index (κ1) is 13.4. The fraction of sp³-hybridized carbons (Fsp3) is 0. The lowest BCUT2D eigenvalue weighted by Gasteiger charge is -2.27. The lowest BCUT2D eigenvalue weighted by Crippen LogP contribution is -2.66. The Balaban J connectivity index is 2.32. The molecule has 0 spiro atoms. The van der Waals surface area contributed by atoms with Gasteiger partial charge in [-0.3, -0.25) is 0 Å². The largest absolute Gasteiger partial charge is 0.229 e. The molecule has 0 unspecified atom stereocenters. The van der Waals surface area contributed by atoms with E-state index >= 15 is 0 Å². The van der Waals surface area contributed by atoms with Crippen molar-refractivity contribution in [2.75, 3.05) is 0 Å². The van der Waals surface area contributed by atoms with Gasteiger partial charge in [-0.15, -0.1) is 12.0 Å². The van der Waals surface area contributed by atoms with Crippen LogP contribution >= 0.6 is 0 Å². The molecule has 0 fully saturated rings. The van der Waals surface area contributed by atoms with Gasteiger partial charge in [-0.2, -0.15) is 0 Å². The summed E-state index contributed by atoms with van der Waals surface area (Å²) in [6, 6.07) is 31.5. The van der Waals surface area contributed by atoms with Gasteiger partial charge in [-0.05, 0) is 15.6 Å². The summed E-state index contributed by atoms with van der Waals surface area (Å²) in [6.07, 6.45) is 6.12. The molecule has 0 nitrogen and oxygen atoms in total. The predicted octanol–water partition coefficient (Wildman–Crippen LogP) is 2.33. The fourth-order valence-corrected chi connectivity index (χ4v) is 6.39. The first-order valence-corrected chi connectivity index (χ1v) is 9.02. The smallest absolute Gasteiger partial charge is 0.126 e. The molecule has 0 atom stereocenters. The zero-order chi connectivity index (χ0) is 14.5. The molecule has 0 saturated heterocycles. The lowest BCUT2D eigenvalue weighted by molar-refractivity contribution is 1.69. The van der Waals surface area contributed by atoms with Gasteiger partial charge in [0.1, 0.15) is 0 Å². The molecule has 0 aliphatic heterocycles. The number of rotatable bonds is 3. The van der Waals surface area contributed by atoms with Crippen molar-refractivity contribution in [1.29, 1.82) is 0 Å². The van der Waals surface area contributed by atoms with Gasteiger partial charge in [0.05, 0.1) is 0 Å². The molecule has 100 valence electrons. The van der Waals surface area contributed by atoms with Crippen molar-refractivity contribution in [3.63, 3.8) is 0 Å². The molecule has 0 N–H and O–H groups in total. The molecule has 0 heterocycles. The van der Waals surface area contributed by atoms with E-state index in [9.17, 15) is 0 Å². The highest BCUT2D eigenvalue weighted by Crippen LogP contribution is 2.06. The predicted molar refractivity (Wildman–Crippen MR) is 92.8 cm³/mol. The molecule has 0 aliphatic rings. The standard InChI is InChI=1S/C20H16Si/c1-2-21(18-12-6-3-7-13-18,19-14-8-4-9-15-19)20-16-10-5-11-17-20/h1,3-17H. The van der Waals surface area contributed by atoms with Crippen LogP contribution < -0.4 is 15.6 Å². The zero-order valence-corrected chi connectivity index (χ0v) is 12.7. The summed E-state index contributed by atoms with van der Waals surface area (Å²) >= 11 is 0. The SMILES string of the molecule is C#C[Si](c1ccccc1)(c1ccccc1)c1ccccc1. The van der Waals surface area contributed by atoms with Crippen LogP contribution in [0.15, 0.2) is 91.0 Å². The molecular weight excluding hydrogens is 268 g/mol. The fourth-order valence-electron chi connectivity index (χ4n) is 2.81. The van der Waals surface area contributed by atoms with Crippen LogP contribution in [0.25, 0.3) is 0 Å². The van der Waals surface area contributed by atoms with E-state index in [2.05, 4.69) is 78.3 Å². The Morgan fingerprint density at radius 3 is 1.05 bits per heavy atom. The molecule has 3 aromatic carbocycles. The number of hydrogen-bond acceptors (Lipinski definition) is 0. The Morgan fingerprint density at radius 1 is 0.524 bits per heavy atom. The van der Waals surface area contributed by atoms with Crippen molar-refractivity contribution in [3.8, 4) is 12.0 Å². The Labute approximate surface area is 127 Å². The van der Waals surface area contributed by atoms with Gasteiger partial charge in [0.25, 0.3) is 0 Å². The topological polar surface area (TPSA) is 0 Å². The van der Waals surface area contributed by atoms with Crippen molar-refractivity contribution in [2.24, 2.45) is 0 Å². The van der Waals surface area contributed by atoms with Crippen molar-refractivity contribution in [3.05, 3.63) is 91.0 Å². The number of hydrogen-bond donors (Lipinski definition) is 0. The molecule has 0 aliphatic carbocycles. The number of benzene rings is 3. The highest BCUT2D eigenvalue weighted by atomic mass is 28.3. The molecular formula is C20H16Si. The Kier molecular flexibility index (Phi) is 3.72. The minimum absolute atomic E-state index is 1.25. The van der Waals surface area contributed by atoms with E-state index in [4.69, 9.17) is 6.42 Å². The summed E-state index contributed by atoms with van der Waals surface area (Å²) < 4.78 is 0. The normalized spacial score (nSPS) is 10.8. The summed E-state index contributed by atoms with van der Waals surface area (Å²) in [7, 11) is -2.37. The van der Waals surface area contributed by atoms with Crippen LogP contribution in [0.4, 0.5) is 0 Å². The Hall–Kier alpha value is -2.56. The molecule has 3 rings (SSSR count). The molecule has 0 amide bonds. The molecule has 0 aromatic heterocycles. The van der Waals surface area contributed by atoms with E-state index in [1.807, 2.05) is 18.2 Å². The van der Waals surface area contributed by atoms with E-state index < -0.39 is 8.07 Å². The molecule has 0 bridgehead atoms. The quantitative estimate of drug-likeness (QED) is 0.393. The summed E-state index contributed by atoms with van der Waals surface area (Å²) in [5.74, 6) is 0. The third kappa shape index (κ3) is 2.31. The van der Waals surface area contributed by atoms with Crippen LogP contribution in [0, 0.1) is 12.0 Å². The second-order valence-corrected chi connectivity index (χ2v) is 8.51. The van der Waals surface area contributed by atoms with Crippen molar-refractivity contribution in [1.82, 2.24) is 0 Å². The second kappa shape index (κ2) is 5.83. The van der Waals surface area contributed by atoms with E-state index in [1.165, 1.54) is 15.6 Å². The monoisotopic (exact) mass is 284 g/mol. The van der Waals surface area contributed by atoms with Crippen LogP contribution in [0.5, 0.6) is 0 Å². The van der Waals surface area contributed by atoms with E-state index in [0.29, 0.717) is 0 Å². The molecule has 0 saturated carbocycles. The van der Waals surface area contributed by atoms with Crippen molar-refractivity contribution < 1.29 is 0 Å². The molecule has 21 heavy (non-hydrogen) atoms. The maximum absolute atomic E-state index is 6.12. The average Bonchev–Trinajstić information content (AvgIpc) is 2.59. The minimum Gasteiger partial charge on any atom is -0.126 e. The average molecular weight is 284 g/mol. The lowest BCUT2D eigenvalue weighted by atomic mass is 10.3. The minimum atomic E-state index is -2.37. The Morgan fingerprint density at radius 2 is 0.810 bits per heavy atom. The van der Waals surface area contributed by atoms with Gasteiger partial charge in [0, 0.05) is 0 Å². The van der Waals surface area contributed by atoms with E-state index in [0.717, 1.165) is 0 Å². The van der Waals surface area contributed by atoms with E-state index in [-0.39, 0.29) is 0 Å². The van der Waals surface area contributed by atoms with Crippen LogP contribution in [0.2, 0.25) is 0 Å². The van der Waals surface area contributed by atoms with Gasteiger partial charge in [-0.1, -0.05) is 91.0 Å². The number of terminal acetylenes is 1. The van der Waals surface area contributed by atoms with E-state index in [1.54, 1.807) is 0 Å². The summed E-state index contributed by atoms with van der Waals surface area (Å²) in [4.78, 5) is 0. The molecule has 0 radical (unpaired) electrons. The first-order valence-electron chi connectivity index (χ1n) is 7.02. The highest BCUT2D eigenvalue weighted by Gasteiger charge is 2.37. The molecule has 3 aromatic rings. The molecule has 1 heteroatoms. The summed E-state index contributed by atoms with van der Waals surface area (Å²) in [5.41, 5.74) is 3.20. The highest BCUT2D eigenvalue weighted by molar-refractivity contribution is 7.16. The first-order chi connectivity index (χ1) is 10.4. The van der Waals surface area contributed by atoms with Gasteiger partial charge in [0.15, 0.2) is 0 Å². The van der Waals surface area contributed by atoms with Crippen LogP contribution in [-0.2, 0) is 0 Å². The van der Waals surface area contributed by atoms with Crippen LogP contribution in [0.1, 0.15) is 0 Å². The van der Waals surface area contributed by atoms with Crippen LogP contribution in [0.3, 0.4) is 0 Å². The van der Waals surface area contributed by atoms with Crippen molar-refractivity contribution in [2.45, 2.75) is 0 Å². The summed E-state index contributed by atoms with van der Waals surface area (Å²) in [6.45, 7) is 0.